The number of morpholine rings is 1. The molecule has 4 nitrogen and oxygen atoms in total. The van der Waals surface area contributed by atoms with Gasteiger partial charge in [0.1, 0.15) is 13.1 Å². The molecule has 19 heavy (non-hydrogen) atoms. The Morgan fingerprint density at radius 3 is 2.37 bits per heavy atom. The minimum atomic E-state index is -0.122. The summed E-state index contributed by atoms with van der Waals surface area (Å²) in [4.78, 5) is 13.1. The lowest BCUT2D eigenvalue weighted by Crippen LogP contribution is -3.15. The van der Waals surface area contributed by atoms with Crippen LogP contribution in [-0.4, -0.2) is 38.8 Å². The van der Waals surface area contributed by atoms with Gasteiger partial charge in [-0.25, -0.2) is 0 Å². The summed E-state index contributed by atoms with van der Waals surface area (Å²) in [5.74, 6) is -0.122. The molecule has 1 amide bonds. The van der Waals surface area contributed by atoms with Gasteiger partial charge in [0.2, 0.25) is 0 Å². The van der Waals surface area contributed by atoms with Crippen LogP contribution < -0.4 is 10.2 Å². The highest BCUT2D eigenvalue weighted by atomic mass is 35.5. The molecule has 0 aromatic heterocycles. The fourth-order valence-electron chi connectivity index (χ4n) is 1.91. The van der Waals surface area contributed by atoms with Crippen molar-refractivity contribution in [2.75, 3.05) is 38.2 Å². The molecule has 1 heterocycles. The predicted molar refractivity (Wildman–Crippen MR) is 76.5 cm³/mol. The van der Waals surface area contributed by atoms with E-state index in [2.05, 4.69) is 5.32 Å². The first kappa shape index (κ1) is 14.9. The van der Waals surface area contributed by atoms with Crippen molar-refractivity contribution in [1.29, 1.82) is 0 Å². The van der Waals surface area contributed by atoms with Crippen LogP contribution in [0.5, 0.6) is 0 Å². The van der Waals surface area contributed by atoms with Gasteiger partial charge in [-0.3, -0.25) is 4.79 Å². The molecule has 1 saturated heterocycles. The van der Waals surface area contributed by atoms with Crippen molar-refractivity contribution in [3.63, 3.8) is 0 Å². The van der Waals surface area contributed by atoms with E-state index in [1.165, 1.54) is 4.90 Å². The van der Waals surface area contributed by atoms with Crippen molar-refractivity contribution in [2.45, 2.75) is 0 Å². The summed E-state index contributed by atoms with van der Waals surface area (Å²) in [6, 6.07) is 3.10. The van der Waals surface area contributed by atoms with Crippen LogP contribution in [0.15, 0.2) is 12.1 Å². The van der Waals surface area contributed by atoms with E-state index < -0.39 is 0 Å². The van der Waals surface area contributed by atoms with Gasteiger partial charge >= 0.3 is 0 Å². The number of nitrogens with one attached hydrogen (secondary N) is 2. The van der Waals surface area contributed by atoms with Crippen LogP contribution in [0.25, 0.3) is 0 Å². The van der Waals surface area contributed by atoms with Gasteiger partial charge in [0.05, 0.1) is 28.9 Å². The number of hydrogen-bond acceptors (Lipinski definition) is 2. The third-order valence-electron chi connectivity index (χ3n) is 2.88. The van der Waals surface area contributed by atoms with E-state index in [9.17, 15) is 4.79 Å². The molecule has 2 rings (SSSR count). The highest BCUT2D eigenvalue weighted by molar-refractivity contribution is 6.42. The number of benzene rings is 1. The van der Waals surface area contributed by atoms with Crippen LogP contribution in [0.2, 0.25) is 15.1 Å². The summed E-state index contributed by atoms with van der Waals surface area (Å²) < 4.78 is 5.24. The van der Waals surface area contributed by atoms with Gasteiger partial charge < -0.3 is 15.0 Å². The number of anilines is 1. The lowest BCUT2D eigenvalue weighted by molar-refractivity contribution is -0.899. The largest absolute Gasteiger partial charge is 0.370 e. The lowest BCUT2D eigenvalue weighted by atomic mass is 10.3. The molecule has 1 aromatic rings. The summed E-state index contributed by atoms with van der Waals surface area (Å²) in [5.41, 5.74) is 0.408. The van der Waals surface area contributed by atoms with E-state index in [1.54, 1.807) is 12.1 Å². The fourth-order valence-corrected chi connectivity index (χ4v) is 2.82. The van der Waals surface area contributed by atoms with Crippen LogP contribution in [0.1, 0.15) is 0 Å². The zero-order chi connectivity index (χ0) is 13.8. The molecular formula is C12H14Cl3N2O2+. The highest BCUT2D eigenvalue weighted by Gasteiger charge is 2.19. The maximum absolute atomic E-state index is 11.9. The van der Waals surface area contributed by atoms with Gasteiger partial charge in [0.15, 0.2) is 6.54 Å². The first-order valence-corrected chi connectivity index (χ1v) is 7.05. The lowest BCUT2D eigenvalue weighted by Gasteiger charge is -2.23. The molecule has 1 aromatic carbocycles. The highest BCUT2D eigenvalue weighted by Crippen LogP contribution is 2.33. The summed E-state index contributed by atoms with van der Waals surface area (Å²) in [5, 5.41) is 3.84. The zero-order valence-electron chi connectivity index (χ0n) is 10.1. The van der Waals surface area contributed by atoms with Crippen LogP contribution in [0.4, 0.5) is 5.69 Å². The number of carbonyl (C=O) groups excluding carboxylic acids is 1. The Morgan fingerprint density at radius 1 is 1.21 bits per heavy atom. The number of carbonyl (C=O) groups is 1. The summed E-state index contributed by atoms with van der Waals surface area (Å²) >= 11 is 17.8. The average Bonchev–Trinajstić information content (AvgIpc) is 2.35. The van der Waals surface area contributed by atoms with Crippen molar-refractivity contribution in [2.24, 2.45) is 0 Å². The summed E-state index contributed by atoms with van der Waals surface area (Å²) in [6.07, 6.45) is 0. The van der Waals surface area contributed by atoms with E-state index >= 15 is 0 Å². The molecule has 1 aliphatic rings. The monoisotopic (exact) mass is 323 g/mol. The molecule has 7 heteroatoms. The Morgan fingerprint density at radius 2 is 1.79 bits per heavy atom. The molecule has 1 aliphatic heterocycles. The van der Waals surface area contributed by atoms with Crippen molar-refractivity contribution >= 4 is 46.4 Å². The van der Waals surface area contributed by atoms with E-state index in [0.717, 1.165) is 13.1 Å². The van der Waals surface area contributed by atoms with Crippen LogP contribution in [0, 0.1) is 0 Å². The van der Waals surface area contributed by atoms with Gasteiger partial charge in [-0.1, -0.05) is 34.8 Å². The quantitative estimate of drug-likeness (QED) is 0.885. The number of quaternary nitrogens is 1. The molecule has 1 fully saturated rings. The molecule has 104 valence electrons. The summed E-state index contributed by atoms with van der Waals surface area (Å²) in [7, 11) is 0. The normalized spacial score (nSPS) is 16.4. The van der Waals surface area contributed by atoms with Crippen LogP contribution in [0.3, 0.4) is 0 Å². The predicted octanol–water partition coefficient (Wildman–Crippen LogP) is 1.50. The van der Waals surface area contributed by atoms with Crippen molar-refractivity contribution in [3.8, 4) is 0 Å². The Hall–Kier alpha value is -0.520. The number of hydrogen-bond donors (Lipinski definition) is 2. The molecule has 0 spiro atoms. The Bertz CT molecular complexity index is 453. The van der Waals surface area contributed by atoms with E-state index in [-0.39, 0.29) is 5.91 Å². The first-order valence-electron chi connectivity index (χ1n) is 5.92. The van der Waals surface area contributed by atoms with Gasteiger partial charge in [0, 0.05) is 5.02 Å². The van der Waals surface area contributed by atoms with Crippen molar-refractivity contribution < 1.29 is 14.4 Å². The molecule has 0 saturated carbocycles. The maximum atomic E-state index is 11.9. The first-order chi connectivity index (χ1) is 9.06. The molecule has 0 atom stereocenters. The molecule has 2 N–H and O–H groups in total. The molecular weight excluding hydrogens is 311 g/mol. The van der Waals surface area contributed by atoms with E-state index in [4.69, 9.17) is 39.5 Å². The van der Waals surface area contributed by atoms with Gasteiger partial charge in [-0.15, -0.1) is 0 Å². The molecule has 0 unspecified atom stereocenters. The fraction of sp³-hybridized carbons (Fsp3) is 0.417. The Balaban J connectivity index is 1.98. The van der Waals surface area contributed by atoms with Gasteiger partial charge in [-0.2, -0.15) is 0 Å². The second-order valence-corrected chi connectivity index (χ2v) is 5.58. The van der Waals surface area contributed by atoms with Crippen molar-refractivity contribution in [3.05, 3.63) is 27.2 Å². The number of rotatable bonds is 3. The standard InChI is InChI=1S/C12H13Cl3N2O2/c13-8-5-9(14)12(10(15)6-8)16-11(18)7-17-1-3-19-4-2-17/h5-6H,1-4,7H2,(H,16,18)/p+1. The second-order valence-electron chi connectivity index (χ2n) is 4.33. The van der Waals surface area contributed by atoms with Crippen LogP contribution in [-0.2, 0) is 9.53 Å². The van der Waals surface area contributed by atoms with Crippen LogP contribution >= 0.6 is 34.8 Å². The molecule has 0 aliphatic carbocycles. The third-order valence-corrected chi connectivity index (χ3v) is 3.70. The minimum absolute atomic E-state index is 0.122. The Kier molecular flexibility index (Phi) is 5.30. The average molecular weight is 325 g/mol. The van der Waals surface area contributed by atoms with Gasteiger partial charge in [0.25, 0.3) is 5.91 Å². The number of halogens is 3. The zero-order valence-corrected chi connectivity index (χ0v) is 12.4. The third kappa shape index (κ3) is 4.23. The van der Waals surface area contributed by atoms with E-state index in [1.807, 2.05) is 0 Å². The second kappa shape index (κ2) is 6.77. The SMILES string of the molecule is O=C(C[NH+]1CCOCC1)Nc1c(Cl)cc(Cl)cc1Cl. The summed E-state index contributed by atoms with van der Waals surface area (Å²) in [6.45, 7) is 3.40. The van der Waals surface area contributed by atoms with Crippen molar-refractivity contribution in [1.82, 2.24) is 0 Å². The maximum Gasteiger partial charge on any atom is 0.279 e. The minimum Gasteiger partial charge on any atom is -0.370 e. The number of amides is 1. The molecule has 0 bridgehead atoms. The Labute approximate surface area is 126 Å². The molecule has 0 radical (unpaired) electrons. The van der Waals surface area contributed by atoms with Gasteiger partial charge in [-0.05, 0) is 12.1 Å². The topological polar surface area (TPSA) is 42.8 Å². The number of ether oxygens (including phenoxy) is 1. The smallest absolute Gasteiger partial charge is 0.279 e. The van der Waals surface area contributed by atoms with E-state index in [0.29, 0.717) is 40.5 Å².